The number of amides is 3. The third-order valence-electron chi connectivity index (χ3n) is 8.21. The lowest BCUT2D eigenvalue weighted by atomic mass is 9.94. The number of carbonyl (C=O) groups is 2. The Labute approximate surface area is 279 Å². The first-order valence-corrected chi connectivity index (χ1v) is 16.2. The zero-order chi connectivity index (χ0) is 34.3. The van der Waals surface area contributed by atoms with E-state index in [1.807, 2.05) is 74.2 Å². The minimum Gasteiger partial charge on any atom is -0.444 e. The fourth-order valence-electron chi connectivity index (χ4n) is 5.74. The van der Waals surface area contributed by atoms with E-state index in [2.05, 4.69) is 10.3 Å². The van der Waals surface area contributed by atoms with E-state index >= 15 is 0 Å². The maximum Gasteiger partial charge on any atom is 0.416 e. The van der Waals surface area contributed by atoms with Gasteiger partial charge in [0.15, 0.2) is 0 Å². The fraction of sp³-hybridized carbons (Fsp3) is 0.342. The zero-order valence-electron chi connectivity index (χ0n) is 27.5. The van der Waals surface area contributed by atoms with E-state index < -0.39 is 23.4 Å². The molecular formula is C38H41F3N4O3. The fourth-order valence-corrected chi connectivity index (χ4v) is 5.74. The van der Waals surface area contributed by atoms with Crippen molar-refractivity contribution in [3.05, 3.63) is 114 Å². The van der Waals surface area contributed by atoms with Crippen LogP contribution in [0, 0.1) is 0 Å². The van der Waals surface area contributed by atoms with E-state index in [4.69, 9.17) is 4.74 Å². The van der Waals surface area contributed by atoms with Gasteiger partial charge in [-0.05, 0) is 92.3 Å². The molecule has 0 radical (unpaired) electrons. The third kappa shape index (κ3) is 9.36. The Hall–Kier alpha value is -4.86. The topological polar surface area (TPSA) is 74.8 Å². The van der Waals surface area contributed by atoms with Gasteiger partial charge in [0.2, 0.25) is 0 Å². The molecule has 3 amide bonds. The third-order valence-corrected chi connectivity index (χ3v) is 8.21. The Bertz CT molecular complexity index is 1650. The van der Waals surface area contributed by atoms with Crippen LogP contribution in [0.4, 0.5) is 34.3 Å². The number of urea groups is 1. The summed E-state index contributed by atoms with van der Waals surface area (Å²) >= 11 is 0. The maximum absolute atomic E-state index is 13.3. The van der Waals surface area contributed by atoms with Crippen LogP contribution in [0.15, 0.2) is 97.2 Å². The summed E-state index contributed by atoms with van der Waals surface area (Å²) < 4.78 is 44.7. The highest BCUT2D eigenvalue weighted by Gasteiger charge is 2.31. The molecule has 252 valence electrons. The van der Waals surface area contributed by atoms with Crippen molar-refractivity contribution in [1.82, 2.24) is 9.88 Å². The Morgan fingerprint density at radius 2 is 1.38 bits per heavy atom. The first kappa shape index (κ1) is 34.5. The molecule has 1 saturated carbocycles. The van der Waals surface area contributed by atoms with E-state index in [1.165, 1.54) is 23.5 Å². The highest BCUT2D eigenvalue weighted by Crippen LogP contribution is 2.31. The largest absolute Gasteiger partial charge is 0.444 e. The summed E-state index contributed by atoms with van der Waals surface area (Å²) in [7, 11) is 0. The van der Waals surface area contributed by atoms with Crippen LogP contribution >= 0.6 is 0 Å². The average Bonchev–Trinajstić information content (AvgIpc) is 3.06. The molecule has 0 saturated heterocycles. The molecule has 48 heavy (non-hydrogen) atoms. The summed E-state index contributed by atoms with van der Waals surface area (Å²) in [4.78, 5) is 34.1. The average molecular weight is 659 g/mol. The molecule has 1 aliphatic rings. The summed E-state index contributed by atoms with van der Waals surface area (Å²) in [6.45, 7) is 6.33. The highest BCUT2D eigenvalue weighted by molar-refractivity contribution is 6.01. The predicted molar refractivity (Wildman–Crippen MR) is 181 cm³/mol. The number of hydrogen-bond donors (Lipinski definition) is 1. The molecular weight excluding hydrogens is 617 g/mol. The van der Waals surface area contributed by atoms with Gasteiger partial charge >= 0.3 is 18.3 Å². The van der Waals surface area contributed by atoms with Crippen LogP contribution in [0.1, 0.15) is 69.6 Å². The minimum absolute atomic E-state index is 0.170. The van der Waals surface area contributed by atoms with Gasteiger partial charge in [-0.2, -0.15) is 13.2 Å². The molecule has 1 aliphatic carbocycles. The van der Waals surface area contributed by atoms with Gasteiger partial charge in [0.25, 0.3) is 0 Å². The van der Waals surface area contributed by atoms with Crippen LogP contribution in [-0.4, -0.2) is 33.7 Å². The second-order valence-electron chi connectivity index (χ2n) is 13.1. The molecule has 1 N–H and O–H groups in total. The molecule has 0 spiro atoms. The molecule has 0 aliphatic heterocycles. The first-order chi connectivity index (χ1) is 22.9. The molecule has 1 aromatic heterocycles. The van der Waals surface area contributed by atoms with E-state index in [-0.39, 0.29) is 24.4 Å². The van der Waals surface area contributed by atoms with Gasteiger partial charge in [-0.25, -0.2) is 14.6 Å². The summed E-state index contributed by atoms with van der Waals surface area (Å²) in [5.41, 5.74) is 2.74. The Morgan fingerprint density at radius 1 is 0.792 bits per heavy atom. The highest BCUT2D eigenvalue weighted by atomic mass is 19.4. The van der Waals surface area contributed by atoms with Crippen LogP contribution < -0.4 is 10.2 Å². The van der Waals surface area contributed by atoms with Crippen molar-refractivity contribution in [2.24, 2.45) is 0 Å². The van der Waals surface area contributed by atoms with Gasteiger partial charge in [-0.3, -0.25) is 4.90 Å². The molecule has 0 bridgehead atoms. The molecule has 0 unspecified atom stereocenters. The number of aromatic nitrogens is 1. The summed E-state index contributed by atoms with van der Waals surface area (Å²) in [5, 5.41) is 2.68. The van der Waals surface area contributed by atoms with Crippen LogP contribution in [0.25, 0.3) is 11.1 Å². The van der Waals surface area contributed by atoms with Gasteiger partial charge < -0.3 is 15.0 Å². The number of benzene rings is 3. The SMILES string of the molecule is CC(C)(C)OC(=O)N(Cc1ccc(-c2ccc(CN(C(=O)Nc3ccc(C(F)(F)F)cc3)c3ccccn3)cc2)cc1)C1CCCCC1. The Balaban J connectivity index is 1.27. The van der Waals surface area contributed by atoms with Crippen molar-refractivity contribution < 1.29 is 27.5 Å². The van der Waals surface area contributed by atoms with Crippen LogP contribution in [-0.2, 0) is 24.0 Å². The number of alkyl halides is 3. The molecule has 0 atom stereocenters. The van der Waals surface area contributed by atoms with Crippen LogP contribution in [0.2, 0.25) is 0 Å². The second-order valence-corrected chi connectivity index (χ2v) is 13.1. The lowest BCUT2D eigenvalue weighted by Gasteiger charge is -2.35. The number of hydrogen-bond acceptors (Lipinski definition) is 4. The standard InChI is InChI=1S/C38H41F3N4O3/c1-37(2,3)48-36(47)44(33-9-5-4-6-10-33)25-27-12-16-29(17-13-27)30-18-14-28(15-19-30)26-45(34-11-7-8-24-42-34)35(46)43-32-22-20-31(21-23-32)38(39,40)41/h7-8,11-24,33H,4-6,9-10,25-26H2,1-3H3,(H,43,46). The number of rotatable bonds is 8. The Kier molecular flexibility index (Phi) is 10.7. The summed E-state index contributed by atoms with van der Waals surface area (Å²) in [6, 6.07) is 25.1. The molecule has 5 rings (SSSR count). The minimum atomic E-state index is -4.46. The van der Waals surface area contributed by atoms with Gasteiger partial charge in [-0.15, -0.1) is 0 Å². The summed E-state index contributed by atoms with van der Waals surface area (Å²) in [5.74, 6) is 0.398. The van der Waals surface area contributed by atoms with Crippen LogP contribution in [0.5, 0.6) is 0 Å². The second kappa shape index (κ2) is 14.9. The molecule has 10 heteroatoms. The van der Waals surface area contributed by atoms with Crippen molar-refractivity contribution in [3.8, 4) is 11.1 Å². The quantitative estimate of drug-likeness (QED) is 0.205. The van der Waals surface area contributed by atoms with Crippen molar-refractivity contribution in [2.75, 3.05) is 10.2 Å². The van der Waals surface area contributed by atoms with E-state index in [9.17, 15) is 22.8 Å². The van der Waals surface area contributed by atoms with Crippen molar-refractivity contribution >= 4 is 23.6 Å². The summed E-state index contributed by atoms with van der Waals surface area (Å²) in [6.07, 6.45) is 2.22. The molecule has 3 aromatic carbocycles. The van der Waals surface area contributed by atoms with Gasteiger partial charge in [-0.1, -0.05) is 73.9 Å². The molecule has 7 nitrogen and oxygen atoms in total. The van der Waals surface area contributed by atoms with E-state index in [0.29, 0.717) is 12.4 Å². The van der Waals surface area contributed by atoms with E-state index in [1.54, 1.807) is 24.4 Å². The Morgan fingerprint density at radius 3 is 1.90 bits per heavy atom. The normalized spacial score (nSPS) is 13.9. The number of pyridine rings is 1. The van der Waals surface area contributed by atoms with Crippen molar-refractivity contribution in [3.63, 3.8) is 0 Å². The number of anilines is 2. The number of nitrogens with one attached hydrogen (secondary N) is 1. The number of ether oxygens (including phenoxy) is 1. The molecule has 4 aromatic rings. The maximum atomic E-state index is 13.3. The lowest BCUT2D eigenvalue weighted by molar-refractivity contribution is -0.137. The number of halogens is 3. The van der Waals surface area contributed by atoms with Gasteiger partial charge in [0.05, 0.1) is 12.1 Å². The number of carbonyl (C=O) groups excluding carboxylic acids is 2. The predicted octanol–water partition coefficient (Wildman–Crippen LogP) is 10.1. The van der Waals surface area contributed by atoms with Gasteiger partial charge in [0.1, 0.15) is 11.4 Å². The molecule has 1 heterocycles. The van der Waals surface area contributed by atoms with E-state index in [0.717, 1.165) is 60.1 Å². The van der Waals surface area contributed by atoms with Crippen LogP contribution in [0.3, 0.4) is 0 Å². The lowest BCUT2D eigenvalue weighted by Crippen LogP contribution is -2.43. The van der Waals surface area contributed by atoms with Crippen molar-refractivity contribution in [1.29, 1.82) is 0 Å². The molecule has 1 fully saturated rings. The monoisotopic (exact) mass is 658 g/mol. The number of nitrogens with zero attached hydrogens (tertiary/aromatic N) is 3. The van der Waals surface area contributed by atoms with Gasteiger partial charge in [0, 0.05) is 24.5 Å². The van der Waals surface area contributed by atoms with Crippen molar-refractivity contribution in [2.45, 2.75) is 83.8 Å². The smallest absolute Gasteiger partial charge is 0.416 e. The first-order valence-electron chi connectivity index (χ1n) is 16.2. The zero-order valence-corrected chi connectivity index (χ0v) is 27.5.